The van der Waals surface area contributed by atoms with E-state index < -0.39 is 0 Å². The van der Waals surface area contributed by atoms with E-state index in [0.717, 1.165) is 30.5 Å². The maximum atomic E-state index is 12.0. The lowest BCUT2D eigenvalue weighted by atomic mass is 10.1. The summed E-state index contributed by atoms with van der Waals surface area (Å²) in [6.07, 6.45) is 0.946. The summed E-state index contributed by atoms with van der Waals surface area (Å²) < 4.78 is 0.753. The first-order valence-corrected chi connectivity index (χ1v) is 7.44. The van der Waals surface area contributed by atoms with Crippen LogP contribution in [0, 0.1) is 0 Å². The number of para-hydroxylation sites is 1. The highest BCUT2D eigenvalue weighted by Gasteiger charge is 2.10. The number of nitrogen functional groups attached to an aromatic ring is 1. The van der Waals surface area contributed by atoms with Gasteiger partial charge in [-0.05, 0) is 54.1 Å². The summed E-state index contributed by atoms with van der Waals surface area (Å²) in [5, 5.41) is 2.90. The van der Waals surface area contributed by atoms with Gasteiger partial charge in [0, 0.05) is 11.0 Å². The molecule has 0 atom stereocenters. The van der Waals surface area contributed by atoms with E-state index in [9.17, 15) is 4.79 Å². The SMILES string of the molecule is CCN(CC)CCCNC(=O)c1cccc(Br)c1N. The molecule has 0 aliphatic heterocycles. The molecule has 0 spiro atoms. The van der Waals surface area contributed by atoms with Crippen molar-refractivity contribution in [1.29, 1.82) is 0 Å². The van der Waals surface area contributed by atoms with E-state index in [4.69, 9.17) is 5.73 Å². The molecular formula is C14H22BrN3O. The van der Waals surface area contributed by atoms with Crippen LogP contribution in [0.25, 0.3) is 0 Å². The van der Waals surface area contributed by atoms with Gasteiger partial charge in [0.05, 0.1) is 11.3 Å². The molecule has 4 nitrogen and oxygen atoms in total. The second-order valence-electron chi connectivity index (χ2n) is 4.34. The normalized spacial score (nSPS) is 10.7. The zero-order valence-electron chi connectivity index (χ0n) is 11.6. The monoisotopic (exact) mass is 327 g/mol. The van der Waals surface area contributed by atoms with Crippen molar-refractivity contribution < 1.29 is 4.79 Å². The Kier molecular flexibility index (Phi) is 6.87. The summed E-state index contributed by atoms with van der Waals surface area (Å²) in [6, 6.07) is 5.37. The molecule has 0 aliphatic rings. The number of rotatable bonds is 7. The lowest BCUT2D eigenvalue weighted by molar-refractivity contribution is 0.0952. The number of carbonyl (C=O) groups is 1. The zero-order valence-corrected chi connectivity index (χ0v) is 13.2. The molecule has 1 amide bonds. The molecule has 0 radical (unpaired) electrons. The molecule has 0 bridgehead atoms. The Morgan fingerprint density at radius 1 is 1.37 bits per heavy atom. The minimum absolute atomic E-state index is 0.113. The first-order valence-electron chi connectivity index (χ1n) is 6.64. The van der Waals surface area contributed by atoms with E-state index in [1.54, 1.807) is 6.07 Å². The van der Waals surface area contributed by atoms with E-state index in [1.807, 2.05) is 12.1 Å². The fraction of sp³-hybridized carbons (Fsp3) is 0.500. The molecule has 19 heavy (non-hydrogen) atoms. The Bertz CT molecular complexity index is 419. The Morgan fingerprint density at radius 2 is 2.05 bits per heavy atom. The lowest BCUT2D eigenvalue weighted by Crippen LogP contribution is -2.30. The minimum Gasteiger partial charge on any atom is -0.397 e. The van der Waals surface area contributed by atoms with E-state index >= 15 is 0 Å². The van der Waals surface area contributed by atoms with Crippen LogP contribution in [0.5, 0.6) is 0 Å². The van der Waals surface area contributed by atoms with Gasteiger partial charge in [0.15, 0.2) is 0 Å². The molecule has 0 aliphatic carbocycles. The maximum Gasteiger partial charge on any atom is 0.253 e. The quantitative estimate of drug-likeness (QED) is 0.597. The Balaban J connectivity index is 2.41. The lowest BCUT2D eigenvalue weighted by Gasteiger charge is -2.17. The third-order valence-electron chi connectivity index (χ3n) is 3.13. The molecule has 0 saturated carbocycles. The van der Waals surface area contributed by atoms with Crippen molar-refractivity contribution in [3.05, 3.63) is 28.2 Å². The van der Waals surface area contributed by atoms with Crippen molar-refractivity contribution in [3.63, 3.8) is 0 Å². The summed E-state index contributed by atoms with van der Waals surface area (Å²) in [7, 11) is 0. The van der Waals surface area contributed by atoms with Crippen LogP contribution in [-0.2, 0) is 0 Å². The molecule has 1 aromatic rings. The van der Waals surface area contributed by atoms with Crippen LogP contribution in [0.15, 0.2) is 22.7 Å². The highest BCUT2D eigenvalue weighted by molar-refractivity contribution is 9.10. The predicted octanol–water partition coefficient (Wildman–Crippen LogP) is 2.49. The number of nitrogens with one attached hydrogen (secondary N) is 1. The third kappa shape index (κ3) is 4.84. The van der Waals surface area contributed by atoms with Gasteiger partial charge >= 0.3 is 0 Å². The molecule has 1 aromatic carbocycles. The number of carbonyl (C=O) groups excluding carboxylic acids is 1. The number of anilines is 1. The van der Waals surface area contributed by atoms with Crippen molar-refractivity contribution in [2.45, 2.75) is 20.3 Å². The van der Waals surface area contributed by atoms with Crippen LogP contribution < -0.4 is 11.1 Å². The number of nitrogens with zero attached hydrogens (tertiary/aromatic N) is 1. The van der Waals surface area contributed by atoms with Gasteiger partial charge in [0.25, 0.3) is 5.91 Å². The van der Waals surface area contributed by atoms with E-state index in [2.05, 4.69) is 40.0 Å². The van der Waals surface area contributed by atoms with Gasteiger partial charge in [0.2, 0.25) is 0 Å². The second-order valence-corrected chi connectivity index (χ2v) is 5.19. The topological polar surface area (TPSA) is 58.4 Å². The van der Waals surface area contributed by atoms with Crippen LogP contribution in [0.3, 0.4) is 0 Å². The molecule has 5 heteroatoms. The summed E-state index contributed by atoms with van der Waals surface area (Å²) in [5.41, 5.74) is 6.88. The van der Waals surface area contributed by atoms with Crippen molar-refractivity contribution in [3.8, 4) is 0 Å². The number of amides is 1. The second kappa shape index (κ2) is 8.17. The maximum absolute atomic E-state index is 12.0. The van der Waals surface area contributed by atoms with Crippen LogP contribution in [0.4, 0.5) is 5.69 Å². The van der Waals surface area contributed by atoms with E-state index in [-0.39, 0.29) is 5.91 Å². The Hall–Kier alpha value is -1.07. The average Bonchev–Trinajstić information content (AvgIpc) is 2.42. The summed E-state index contributed by atoms with van der Waals surface area (Å²) in [6.45, 7) is 8.04. The van der Waals surface area contributed by atoms with Crippen molar-refractivity contribution >= 4 is 27.5 Å². The number of hydrogen-bond acceptors (Lipinski definition) is 3. The number of hydrogen-bond donors (Lipinski definition) is 2. The number of benzene rings is 1. The highest BCUT2D eigenvalue weighted by atomic mass is 79.9. The summed E-state index contributed by atoms with van der Waals surface area (Å²) >= 11 is 3.32. The van der Waals surface area contributed by atoms with Gasteiger partial charge in [-0.2, -0.15) is 0 Å². The van der Waals surface area contributed by atoms with Gasteiger partial charge in [-0.15, -0.1) is 0 Å². The van der Waals surface area contributed by atoms with E-state index in [0.29, 0.717) is 17.8 Å². The summed E-state index contributed by atoms with van der Waals surface area (Å²) in [4.78, 5) is 14.3. The number of halogens is 1. The van der Waals surface area contributed by atoms with Gasteiger partial charge in [-0.25, -0.2) is 0 Å². The van der Waals surface area contributed by atoms with Gasteiger partial charge in [-0.1, -0.05) is 19.9 Å². The largest absolute Gasteiger partial charge is 0.397 e. The first-order chi connectivity index (χ1) is 9.10. The minimum atomic E-state index is -0.113. The molecule has 1 rings (SSSR count). The standard InChI is InChI=1S/C14H22BrN3O/c1-3-18(4-2)10-6-9-17-14(19)11-7-5-8-12(15)13(11)16/h5,7-8H,3-4,6,9-10,16H2,1-2H3,(H,17,19). The van der Waals surface area contributed by atoms with E-state index in [1.165, 1.54) is 0 Å². The molecule has 0 fully saturated rings. The molecule has 0 aromatic heterocycles. The first kappa shape index (κ1) is 16.0. The summed E-state index contributed by atoms with van der Waals surface area (Å²) in [5.74, 6) is -0.113. The van der Waals surface area contributed by atoms with Crippen LogP contribution in [0.2, 0.25) is 0 Å². The third-order valence-corrected chi connectivity index (χ3v) is 3.82. The Labute approximate surface area is 123 Å². The van der Waals surface area contributed by atoms with Crippen molar-refractivity contribution in [2.24, 2.45) is 0 Å². The van der Waals surface area contributed by atoms with Crippen LogP contribution in [0.1, 0.15) is 30.6 Å². The molecule has 3 N–H and O–H groups in total. The molecule has 106 valence electrons. The van der Waals surface area contributed by atoms with Gasteiger partial charge in [0.1, 0.15) is 0 Å². The highest BCUT2D eigenvalue weighted by Crippen LogP contribution is 2.22. The Morgan fingerprint density at radius 3 is 2.68 bits per heavy atom. The van der Waals surface area contributed by atoms with Crippen molar-refractivity contribution in [2.75, 3.05) is 31.9 Å². The smallest absolute Gasteiger partial charge is 0.253 e. The van der Waals surface area contributed by atoms with Crippen molar-refractivity contribution in [1.82, 2.24) is 10.2 Å². The molecular weight excluding hydrogens is 306 g/mol. The fourth-order valence-corrected chi connectivity index (χ4v) is 2.24. The zero-order chi connectivity index (χ0) is 14.3. The van der Waals surface area contributed by atoms with Crippen LogP contribution in [-0.4, -0.2) is 37.0 Å². The molecule has 0 heterocycles. The predicted molar refractivity (Wildman–Crippen MR) is 83.3 cm³/mol. The molecule has 0 saturated heterocycles. The molecule has 0 unspecified atom stereocenters. The average molecular weight is 328 g/mol. The van der Waals surface area contributed by atoms with Crippen LogP contribution >= 0.6 is 15.9 Å². The number of nitrogens with two attached hydrogens (primary N) is 1. The van der Waals surface area contributed by atoms with Gasteiger partial charge in [-0.3, -0.25) is 4.79 Å². The van der Waals surface area contributed by atoms with Gasteiger partial charge < -0.3 is 16.0 Å². The fourth-order valence-electron chi connectivity index (χ4n) is 1.87.